The van der Waals surface area contributed by atoms with Crippen molar-refractivity contribution < 1.29 is 19.3 Å². The topological polar surface area (TPSA) is 87.6 Å². The van der Waals surface area contributed by atoms with Crippen molar-refractivity contribution in [3.63, 3.8) is 0 Å². The van der Waals surface area contributed by atoms with Gasteiger partial charge >= 0.3 is 0 Å². The number of aliphatic hydroxyl groups is 1. The molecule has 0 aromatic heterocycles. The zero-order chi connectivity index (χ0) is 22.1. The number of rotatable bonds is 9. The molecule has 182 valence electrons. The van der Waals surface area contributed by atoms with Crippen LogP contribution in [0.3, 0.4) is 0 Å². The number of aliphatic hydroxyl groups excluding tert-OH is 1. The minimum atomic E-state index is -0.205. The van der Waals surface area contributed by atoms with E-state index >= 15 is 0 Å². The maximum absolute atomic E-state index is 10.1. The molecular formula is C23H39IN4O4. The number of ether oxygens (including phenoxy) is 3. The van der Waals surface area contributed by atoms with E-state index < -0.39 is 0 Å². The average molecular weight is 562 g/mol. The maximum Gasteiger partial charge on any atom is 0.191 e. The normalized spacial score (nSPS) is 22.7. The predicted octanol–water partition coefficient (Wildman–Crippen LogP) is 2.41. The molecule has 0 radical (unpaired) electrons. The van der Waals surface area contributed by atoms with E-state index in [0.717, 1.165) is 81.7 Å². The molecule has 1 aliphatic carbocycles. The summed E-state index contributed by atoms with van der Waals surface area (Å²) in [6.45, 7) is 7.40. The summed E-state index contributed by atoms with van der Waals surface area (Å²) < 4.78 is 16.5. The summed E-state index contributed by atoms with van der Waals surface area (Å²) in [7, 11) is 3.31. The first-order valence-corrected chi connectivity index (χ1v) is 11.4. The molecule has 1 aliphatic heterocycles. The molecule has 2 aliphatic rings. The van der Waals surface area contributed by atoms with Gasteiger partial charge in [0.05, 0.1) is 46.1 Å². The van der Waals surface area contributed by atoms with Gasteiger partial charge in [0.1, 0.15) is 0 Å². The number of guanidine groups is 1. The van der Waals surface area contributed by atoms with Crippen LogP contribution in [-0.2, 0) is 4.74 Å². The van der Waals surface area contributed by atoms with E-state index in [1.54, 1.807) is 14.2 Å². The quantitative estimate of drug-likeness (QED) is 0.242. The molecular weight excluding hydrogens is 523 g/mol. The van der Waals surface area contributed by atoms with Crippen LogP contribution in [-0.4, -0.2) is 82.2 Å². The second kappa shape index (κ2) is 14.1. The lowest BCUT2D eigenvalue weighted by molar-refractivity contribution is 0.0179. The van der Waals surface area contributed by atoms with Crippen LogP contribution >= 0.6 is 24.0 Å². The number of nitrogens with zero attached hydrogens (tertiary/aromatic N) is 2. The molecule has 1 saturated carbocycles. The van der Waals surface area contributed by atoms with E-state index in [1.165, 1.54) is 0 Å². The molecule has 0 spiro atoms. The van der Waals surface area contributed by atoms with Gasteiger partial charge in [-0.25, -0.2) is 0 Å². The van der Waals surface area contributed by atoms with E-state index in [-0.39, 0.29) is 36.1 Å². The Balaban J connectivity index is 0.00000363. The van der Waals surface area contributed by atoms with Crippen molar-refractivity contribution in [3.05, 3.63) is 23.8 Å². The Morgan fingerprint density at radius 1 is 1.19 bits per heavy atom. The summed E-state index contributed by atoms with van der Waals surface area (Å²) in [5.74, 6) is 2.54. The van der Waals surface area contributed by atoms with Gasteiger partial charge in [0.25, 0.3) is 0 Å². The van der Waals surface area contributed by atoms with Gasteiger partial charge in [-0.05, 0) is 37.5 Å². The number of aliphatic imine (C=N–C) groups is 1. The van der Waals surface area contributed by atoms with Gasteiger partial charge in [0, 0.05) is 32.1 Å². The van der Waals surface area contributed by atoms with Crippen molar-refractivity contribution in [1.29, 1.82) is 0 Å². The van der Waals surface area contributed by atoms with Crippen molar-refractivity contribution in [2.24, 2.45) is 10.9 Å². The monoisotopic (exact) mass is 562 g/mol. The van der Waals surface area contributed by atoms with Crippen LogP contribution in [0, 0.1) is 5.92 Å². The summed E-state index contributed by atoms with van der Waals surface area (Å²) in [4.78, 5) is 7.32. The molecule has 0 bridgehead atoms. The lowest BCUT2D eigenvalue weighted by atomic mass is 10.0. The summed E-state index contributed by atoms with van der Waals surface area (Å²) in [5.41, 5.74) is 1.14. The number of morpholine rings is 1. The van der Waals surface area contributed by atoms with Crippen LogP contribution in [0.1, 0.15) is 37.8 Å². The maximum atomic E-state index is 10.1. The SMILES string of the molecule is CCNC(=NCC(c1ccc(OC)c(OC)c1)N1CCOCC1)NCC1CCCC1O.I. The Kier molecular flexibility index (Phi) is 11.8. The first kappa shape index (κ1) is 26.9. The zero-order valence-corrected chi connectivity index (χ0v) is 21.8. The Bertz CT molecular complexity index is 715. The zero-order valence-electron chi connectivity index (χ0n) is 19.5. The number of nitrogens with one attached hydrogen (secondary N) is 2. The van der Waals surface area contributed by atoms with Gasteiger partial charge in [0.15, 0.2) is 17.5 Å². The summed E-state index contributed by atoms with van der Waals surface area (Å²) in [6, 6.07) is 6.20. The Labute approximate surface area is 209 Å². The van der Waals surface area contributed by atoms with Crippen molar-refractivity contribution in [1.82, 2.24) is 15.5 Å². The highest BCUT2D eigenvalue weighted by atomic mass is 127. The van der Waals surface area contributed by atoms with Crippen LogP contribution < -0.4 is 20.1 Å². The minimum absolute atomic E-state index is 0. The number of methoxy groups -OCH3 is 2. The van der Waals surface area contributed by atoms with Gasteiger partial charge in [-0.1, -0.05) is 12.5 Å². The van der Waals surface area contributed by atoms with Crippen molar-refractivity contribution in [3.8, 4) is 11.5 Å². The lowest BCUT2D eigenvalue weighted by Gasteiger charge is -2.34. The fourth-order valence-electron chi connectivity index (χ4n) is 4.38. The van der Waals surface area contributed by atoms with Crippen LogP contribution in [0.25, 0.3) is 0 Å². The van der Waals surface area contributed by atoms with Gasteiger partial charge in [-0.3, -0.25) is 9.89 Å². The van der Waals surface area contributed by atoms with E-state index in [4.69, 9.17) is 19.2 Å². The van der Waals surface area contributed by atoms with Crippen LogP contribution in [0.15, 0.2) is 23.2 Å². The van der Waals surface area contributed by atoms with Gasteiger partial charge in [-0.15, -0.1) is 24.0 Å². The highest BCUT2D eigenvalue weighted by Crippen LogP contribution is 2.32. The fourth-order valence-corrected chi connectivity index (χ4v) is 4.38. The van der Waals surface area contributed by atoms with Crippen LogP contribution in [0.2, 0.25) is 0 Å². The minimum Gasteiger partial charge on any atom is -0.493 e. The molecule has 1 aromatic rings. The van der Waals surface area contributed by atoms with Crippen LogP contribution in [0.5, 0.6) is 11.5 Å². The van der Waals surface area contributed by atoms with E-state index in [2.05, 4.69) is 28.5 Å². The number of hydrogen-bond donors (Lipinski definition) is 3. The number of halogens is 1. The second-order valence-electron chi connectivity index (χ2n) is 8.14. The van der Waals surface area contributed by atoms with E-state index in [9.17, 15) is 5.11 Å². The molecule has 1 heterocycles. The summed E-state index contributed by atoms with van der Waals surface area (Å²) in [6.07, 6.45) is 2.86. The Morgan fingerprint density at radius 3 is 2.56 bits per heavy atom. The third-order valence-corrected chi connectivity index (χ3v) is 6.20. The number of hydrogen-bond acceptors (Lipinski definition) is 6. The third kappa shape index (κ3) is 7.36. The molecule has 32 heavy (non-hydrogen) atoms. The van der Waals surface area contributed by atoms with E-state index in [0.29, 0.717) is 12.5 Å². The van der Waals surface area contributed by atoms with E-state index in [1.807, 2.05) is 12.1 Å². The second-order valence-corrected chi connectivity index (χ2v) is 8.14. The van der Waals surface area contributed by atoms with Crippen LogP contribution in [0.4, 0.5) is 0 Å². The molecule has 3 atom stereocenters. The van der Waals surface area contributed by atoms with Gasteiger partial charge in [0.2, 0.25) is 0 Å². The molecule has 9 heteroatoms. The molecule has 0 amide bonds. The highest BCUT2D eigenvalue weighted by Gasteiger charge is 2.26. The molecule has 8 nitrogen and oxygen atoms in total. The first-order chi connectivity index (χ1) is 15.2. The molecule has 3 rings (SSSR count). The third-order valence-electron chi connectivity index (χ3n) is 6.20. The smallest absolute Gasteiger partial charge is 0.191 e. The van der Waals surface area contributed by atoms with Crippen molar-refractivity contribution in [2.75, 3.05) is 60.2 Å². The average Bonchev–Trinajstić information content (AvgIpc) is 3.22. The Morgan fingerprint density at radius 2 is 1.94 bits per heavy atom. The number of benzene rings is 1. The van der Waals surface area contributed by atoms with Gasteiger partial charge in [-0.2, -0.15) is 0 Å². The Hall–Kier alpha value is -1.30. The summed E-state index contributed by atoms with van der Waals surface area (Å²) >= 11 is 0. The highest BCUT2D eigenvalue weighted by molar-refractivity contribution is 14.0. The molecule has 1 saturated heterocycles. The molecule has 2 fully saturated rings. The fraction of sp³-hybridized carbons (Fsp3) is 0.696. The predicted molar refractivity (Wildman–Crippen MR) is 137 cm³/mol. The van der Waals surface area contributed by atoms with Crippen molar-refractivity contribution in [2.45, 2.75) is 38.3 Å². The molecule has 1 aromatic carbocycles. The largest absolute Gasteiger partial charge is 0.493 e. The van der Waals surface area contributed by atoms with Gasteiger partial charge < -0.3 is 30.0 Å². The first-order valence-electron chi connectivity index (χ1n) is 11.4. The standard InChI is InChI=1S/C23H38N4O4.HI/c1-4-24-23(25-15-18-6-5-7-20(18)28)26-16-19(27-10-12-31-13-11-27)17-8-9-21(29-2)22(14-17)30-3;/h8-9,14,18-20,28H,4-7,10-13,15-16H2,1-3H3,(H2,24,25,26);1H. The molecule has 3 N–H and O–H groups in total. The van der Waals surface area contributed by atoms with Crippen molar-refractivity contribution >= 4 is 29.9 Å². The lowest BCUT2D eigenvalue weighted by Crippen LogP contribution is -2.43. The summed E-state index contributed by atoms with van der Waals surface area (Å²) in [5, 5.41) is 16.9. The molecule has 3 unspecified atom stereocenters.